The highest BCUT2D eigenvalue weighted by atomic mass is 16.3. The molecule has 0 spiro atoms. The summed E-state index contributed by atoms with van der Waals surface area (Å²) in [6, 6.07) is -0.0531. The molecule has 4 nitrogen and oxygen atoms in total. The second kappa shape index (κ2) is 4.75. The van der Waals surface area contributed by atoms with Crippen molar-refractivity contribution >= 4 is 5.91 Å². The van der Waals surface area contributed by atoms with Gasteiger partial charge < -0.3 is 15.7 Å². The van der Waals surface area contributed by atoms with Gasteiger partial charge >= 0.3 is 0 Å². The molecule has 0 aromatic heterocycles. The van der Waals surface area contributed by atoms with Gasteiger partial charge in [0, 0.05) is 6.54 Å². The van der Waals surface area contributed by atoms with Crippen LogP contribution in [0.2, 0.25) is 0 Å². The lowest BCUT2D eigenvalue weighted by molar-refractivity contribution is -0.123. The summed E-state index contributed by atoms with van der Waals surface area (Å²) in [6.45, 7) is 4.89. The predicted molar refractivity (Wildman–Crippen MR) is 54.9 cm³/mol. The fraction of sp³-hybridized carbons (Fsp3) is 0.900. The fourth-order valence-electron chi connectivity index (χ4n) is 1.43. The molecule has 3 N–H and O–H groups in total. The number of amides is 1. The molecule has 4 heteroatoms. The number of rotatable bonds is 4. The molecule has 0 bridgehead atoms. The maximum atomic E-state index is 11.5. The molecule has 82 valence electrons. The van der Waals surface area contributed by atoms with Crippen molar-refractivity contribution in [3.63, 3.8) is 0 Å². The van der Waals surface area contributed by atoms with Crippen molar-refractivity contribution < 1.29 is 9.90 Å². The molecule has 1 amide bonds. The van der Waals surface area contributed by atoms with Gasteiger partial charge in [-0.15, -0.1) is 0 Å². The summed E-state index contributed by atoms with van der Waals surface area (Å²) >= 11 is 0. The number of hydrogen-bond acceptors (Lipinski definition) is 3. The Labute approximate surface area is 85.1 Å². The molecule has 2 atom stereocenters. The van der Waals surface area contributed by atoms with Gasteiger partial charge in [0.25, 0.3) is 0 Å². The molecular formula is C10H20N2O2. The third kappa shape index (κ3) is 3.27. The molecule has 1 aliphatic heterocycles. The number of nitrogens with one attached hydrogen (secondary N) is 2. The first kappa shape index (κ1) is 11.5. The first-order valence-electron chi connectivity index (χ1n) is 5.28. The Balaban J connectivity index is 2.27. The highest BCUT2D eigenvalue weighted by Gasteiger charge is 2.24. The van der Waals surface area contributed by atoms with Crippen molar-refractivity contribution in [1.29, 1.82) is 0 Å². The zero-order valence-corrected chi connectivity index (χ0v) is 8.97. The molecule has 1 saturated heterocycles. The number of hydrogen-bond donors (Lipinski definition) is 3. The third-order valence-electron chi connectivity index (χ3n) is 2.78. The van der Waals surface area contributed by atoms with Crippen LogP contribution in [0.25, 0.3) is 0 Å². The van der Waals surface area contributed by atoms with Crippen molar-refractivity contribution in [2.24, 2.45) is 0 Å². The van der Waals surface area contributed by atoms with E-state index in [4.69, 9.17) is 0 Å². The van der Waals surface area contributed by atoms with E-state index < -0.39 is 5.60 Å². The molecule has 1 fully saturated rings. The van der Waals surface area contributed by atoms with Gasteiger partial charge in [0.1, 0.15) is 0 Å². The van der Waals surface area contributed by atoms with Crippen LogP contribution in [0.3, 0.4) is 0 Å². The summed E-state index contributed by atoms with van der Waals surface area (Å²) in [5.41, 5.74) is -0.783. The molecule has 14 heavy (non-hydrogen) atoms. The molecular weight excluding hydrogens is 180 g/mol. The van der Waals surface area contributed by atoms with Gasteiger partial charge in [0.15, 0.2) is 0 Å². The number of aliphatic hydroxyl groups is 1. The second-order valence-corrected chi connectivity index (χ2v) is 4.22. The maximum absolute atomic E-state index is 11.5. The van der Waals surface area contributed by atoms with E-state index in [1.165, 1.54) is 0 Å². The van der Waals surface area contributed by atoms with Crippen LogP contribution in [0.1, 0.15) is 33.1 Å². The Kier molecular flexibility index (Phi) is 3.89. The van der Waals surface area contributed by atoms with E-state index in [1.807, 2.05) is 6.92 Å². The standard InChI is InChI=1S/C10H20N2O2/c1-3-10(2,14)7-12-9(13)8-5-4-6-11-8/h8,11,14H,3-7H2,1-2H3,(H,12,13)/t8-,10?/m1/s1. The quantitative estimate of drug-likeness (QED) is 0.599. The SMILES string of the molecule is CCC(C)(O)CNC(=O)[C@H]1CCCN1. The summed E-state index contributed by atoms with van der Waals surface area (Å²) in [5.74, 6) is 0.0104. The fourth-order valence-corrected chi connectivity index (χ4v) is 1.43. The Morgan fingerprint density at radius 1 is 1.71 bits per heavy atom. The lowest BCUT2D eigenvalue weighted by Gasteiger charge is -2.22. The lowest BCUT2D eigenvalue weighted by Crippen LogP contribution is -2.46. The van der Waals surface area contributed by atoms with Crippen LogP contribution in [0.5, 0.6) is 0 Å². The molecule has 1 aliphatic rings. The molecule has 0 radical (unpaired) electrons. The minimum Gasteiger partial charge on any atom is -0.388 e. The van der Waals surface area contributed by atoms with Crippen LogP contribution in [0.4, 0.5) is 0 Å². The van der Waals surface area contributed by atoms with Gasteiger partial charge in [-0.2, -0.15) is 0 Å². The third-order valence-corrected chi connectivity index (χ3v) is 2.78. The van der Waals surface area contributed by atoms with Crippen molar-refractivity contribution in [2.75, 3.05) is 13.1 Å². The minimum atomic E-state index is -0.783. The van der Waals surface area contributed by atoms with Gasteiger partial charge in [0.2, 0.25) is 5.91 Å². The Morgan fingerprint density at radius 3 is 2.93 bits per heavy atom. The van der Waals surface area contributed by atoms with Gasteiger partial charge in [-0.1, -0.05) is 6.92 Å². The summed E-state index contributed by atoms with van der Waals surface area (Å²) in [6.07, 6.45) is 2.60. The Hall–Kier alpha value is -0.610. The topological polar surface area (TPSA) is 61.4 Å². The minimum absolute atomic E-state index is 0.0104. The van der Waals surface area contributed by atoms with E-state index in [0.717, 1.165) is 19.4 Å². The van der Waals surface area contributed by atoms with E-state index in [9.17, 15) is 9.90 Å². The van der Waals surface area contributed by atoms with Crippen molar-refractivity contribution in [1.82, 2.24) is 10.6 Å². The second-order valence-electron chi connectivity index (χ2n) is 4.22. The van der Waals surface area contributed by atoms with E-state index >= 15 is 0 Å². The summed E-state index contributed by atoms with van der Waals surface area (Å²) in [5, 5.41) is 15.6. The molecule has 1 heterocycles. The summed E-state index contributed by atoms with van der Waals surface area (Å²) < 4.78 is 0. The number of carbonyl (C=O) groups is 1. The average molecular weight is 200 g/mol. The van der Waals surface area contributed by atoms with E-state index in [-0.39, 0.29) is 11.9 Å². The zero-order valence-electron chi connectivity index (χ0n) is 8.97. The van der Waals surface area contributed by atoms with E-state index in [2.05, 4.69) is 10.6 Å². The summed E-state index contributed by atoms with van der Waals surface area (Å²) in [4.78, 5) is 11.5. The highest BCUT2D eigenvalue weighted by molar-refractivity contribution is 5.82. The first-order valence-corrected chi connectivity index (χ1v) is 5.28. The molecule has 1 rings (SSSR count). The van der Waals surface area contributed by atoms with Gasteiger partial charge in [0.05, 0.1) is 11.6 Å². The van der Waals surface area contributed by atoms with Crippen LogP contribution in [0.15, 0.2) is 0 Å². The predicted octanol–water partition coefficient (Wildman–Crippen LogP) is 0.0156. The Bertz CT molecular complexity index is 198. The van der Waals surface area contributed by atoms with Crippen LogP contribution in [0, 0.1) is 0 Å². The van der Waals surface area contributed by atoms with Crippen molar-refractivity contribution in [3.8, 4) is 0 Å². The van der Waals surface area contributed by atoms with Crippen molar-refractivity contribution in [2.45, 2.75) is 44.8 Å². The molecule has 0 saturated carbocycles. The normalized spacial score (nSPS) is 25.8. The van der Waals surface area contributed by atoms with Crippen LogP contribution < -0.4 is 10.6 Å². The van der Waals surface area contributed by atoms with E-state index in [0.29, 0.717) is 13.0 Å². The van der Waals surface area contributed by atoms with E-state index in [1.54, 1.807) is 6.92 Å². The van der Waals surface area contributed by atoms with Gasteiger partial charge in [-0.05, 0) is 32.7 Å². The molecule has 0 aromatic carbocycles. The monoisotopic (exact) mass is 200 g/mol. The van der Waals surface area contributed by atoms with Gasteiger partial charge in [-0.25, -0.2) is 0 Å². The molecule has 0 aromatic rings. The zero-order chi connectivity index (χ0) is 10.6. The lowest BCUT2D eigenvalue weighted by atomic mass is 10.0. The molecule has 1 unspecified atom stereocenters. The largest absolute Gasteiger partial charge is 0.388 e. The first-order chi connectivity index (χ1) is 6.55. The highest BCUT2D eigenvalue weighted by Crippen LogP contribution is 2.08. The smallest absolute Gasteiger partial charge is 0.237 e. The van der Waals surface area contributed by atoms with Crippen LogP contribution >= 0.6 is 0 Å². The van der Waals surface area contributed by atoms with Crippen molar-refractivity contribution in [3.05, 3.63) is 0 Å². The summed E-state index contributed by atoms with van der Waals surface area (Å²) in [7, 11) is 0. The average Bonchev–Trinajstić information content (AvgIpc) is 2.67. The van der Waals surface area contributed by atoms with Crippen LogP contribution in [-0.2, 0) is 4.79 Å². The van der Waals surface area contributed by atoms with Crippen LogP contribution in [-0.4, -0.2) is 35.7 Å². The van der Waals surface area contributed by atoms with Gasteiger partial charge in [-0.3, -0.25) is 4.79 Å². The Morgan fingerprint density at radius 2 is 2.43 bits per heavy atom. The molecule has 0 aliphatic carbocycles. The maximum Gasteiger partial charge on any atom is 0.237 e. The number of carbonyl (C=O) groups excluding carboxylic acids is 1.